The van der Waals surface area contributed by atoms with Crippen molar-refractivity contribution in [2.75, 3.05) is 6.61 Å². The van der Waals surface area contributed by atoms with Crippen molar-refractivity contribution in [1.82, 2.24) is 4.72 Å². The quantitative estimate of drug-likeness (QED) is 0.886. The van der Waals surface area contributed by atoms with Crippen LogP contribution in [-0.2, 0) is 10.0 Å². The molecular formula is C11H14BrNO3S. The predicted octanol–water partition coefficient (Wildman–Crippen LogP) is 1.64. The molecule has 0 aliphatic heterocycles. The molecule has 1 aliphatic carbocycles. The molecule has 0 amide bonds. The van der Waals surface area contributed by atoms with Gasteiger partial charge >= 0.3 is 0 Å². The van der Waals surface area contributed by atoms with Crippen molar-refractivity contribution in [2.24, 2.45) is 0 Å². The number of rotatable bonds is 4. The van der Waals surface area contributed by atoms with Crippen LogP contribution < -0.4 is 4.72 Å². The Hall–Kier alpha value is -0.430. The third-order valence-electron chi connectivity index (χ3n) is 3.09. The second kappa shape index (κ2) is 4.68. The zero-order chi connectivity index (χ0) is 12.5. The molecule has 2 rings (SSSR count). The monoisotopic (exact) mass is 319 g/mol. The number of sulfonamides is 1. The van der Waals surface area contributed by atoms with Gasteiger partial charge in [0.05, 0.1) is 17.0 Å². The van der Waals surface area contributed by atoms with Gasteiger partial charge in [0, 0.05) is 4.47 Å². The third kappa shape index (κ3) is 2.70. The number of halogens is 1. The fraction of sp³-hybridized carbons (Fsp3) is 0.455. The van der Waals surface area contributed by atoms with Gasteiger partial charge in [-0.2, -0.15) is 0 Å². The lowest BCUT2D eigenvalue weighted by Crippen LogP contribution is -2.55. The van der Waals surface area contributed by atoms with Crippen molar-refractivity contribution in [2.45, 2.75) is 29.7 Å². The lowest BCUT2D eigenvalue weighted by atomic mass is 9.78. The molecule has 1 aromatic rings. The molecule has 94 valence electrons. The van der Waals surface area contributed by atoms with E-state index in [1.807, 2.05) is 0 Å². The van der Waals surface area contributed by atoms with E-state index in [9.17, 15) is 13.5 Å². The molecule has 0 radical (unpaired) electrons. The van der Waals surface area contributed by atoms with Crippen molar-refractivity contribution in [1.29, 1.82) is 0 Å². The van der Waals surface area contributed by atoms with E-state index in [-0.39, 0.29) is 11.5 Å². The van der Waals surface area contributed by atoms with E-state index in [0.717, 1.165) is 10.9 Å². The Morgan fingerprint density at radius 3 is 2.29 bits per heavy atom. The van der Waals surface area contributed by atoms with Crippen LogP contribution in [0.3, 0.4) is 0 Å². The van der Waals surface area contributed by atoms with E-state index in [1.165, 1.54) is 12.1 Å². The molecule has 1 fully saturated rings. The largest absolute Gasteiger partial charge is 0.394 e. The third-order valence-corrected chi connectivity index (χ3v) is 5.21. The summed E-state index contributed by atoms with van der Waals surface area (Å²) in [6.45, 7) is -0.150. The van der Waals surface area contributed by atoms with Gasteiger partial charge in [0.2, 0.25) is 10.0 Å². The molecule has 0 unspecified atom stereocenters. The lowest BCUT2D eigenvalue weighted by Gasteiger charge is -2.40. The van der Waals surface area contributed by atoms with Crippen LogP contribution in [0.25, 0.3) is 0 Å². The molecule has 1 saturated carbocycles. The average Bonchev–Trinajstić information content (AvgIpc) is 2.24. The van der Waals surface area contributed by atoms with Gasteiger partial charge < -0.3 is 5.11 Å². The summed E-state index contributed by atoms with van der Waals surface area (Å²) in [4.78, 5) is 0.223. The summed E-state index contributed by atoms with van der Waals surface area (Å²) in [6, 6.07) is 6.44. The van der Waals surface area contributed by atoms with E-state index >= 15 is 0 Å². The van der Waals surface area contributed by atoms with Crippen molar-refractivity contribution in [3.8, 4) is 0 Å². The standard InChI is InChI=1S/C11H14BrNO3S/c12-9-2-4-10(5-3-9)17(15,16)13-11(8-14)6-1-7-11/h2-5,13-14H,1,6-8H2. The van der Waals surface area contributed by atoms with Gasteiger partial charge in [-0.15, -0.1) is 0 Å². The highest BCUT2D eigenvalue weighted by atomic mass is 79.9. The smallest absolute Gasteiger partial charge is 0.241 e. The summed E-state index contributed by atoms with van der Waals surface area (Å²) in [5, 5.41) is 9.26. The minimum atomic E-state index is -3.54. The normalized spacial score (nSPS) is 18.7. The second-order valence-corrected chi connectivity index (χ2v) is 6.95. The van der Waals surface area contributed by atoms with Gasteiger partial charge in [0.15, 0.2) is 0 Å². The van der Waals surface area contributed by atoms with Crippen molar-refractivity contribution >= 4 is 26.0 Å². The molecule has 4 nitrogen and oxygen atoms in total. The number of hydrogen-bond acceptors (Lipinski definition) is 3. The Labute approximate surface area is 109 Å². The maximum Gasteiger partial charge on any atom is 0.241 e. The van der Waals surface area contributed by atoms with Crippen LogP contribution in [-0.4, -0.2) is 25.7 Å². The zero-order valence-electron chi connectivity index (χ0n) is 9.19. The first-order valence-corrected chi connectivity index (χ1v) is 7.65. The van der Waals surface area contributed by atoms with Crippen LogP contribution >= 0.6 is 15.9 Å². The van der Waals surface area contributed by atoms with Gasteiger partial charge in [-0.05, 0) is 43.5 Å². The highest BCUT2D eigenvalue weighted by Gasteiger charge is 2.40. The van der Waals surface area contributed by atoms with Gasteiger partial charge in [0.25, 0.3) is 0 Å². The average molecular weight is 320 g/mol. The number of aliphatic hydroxyl groups is 1. The minimum absolute atomic E-state index is 0.150. The molecule has 6 heteroatoms. The summed E-state index contributed by atoms with van der Waals surface area (Å²) >= 11 is 3.26. The highest BCUT2D eigenvalue weighted by molar-refractivity contribution is 9.10. The van der Waals surface area contributed by atoms with Gasteiger partial charge in [-0.1, -0.05) is 15.9 Å². The van der Waals surface area contributed by atoms with E-state index in [1.54, 1.807) is 12.1 Å². The Kier molecular flexibility index (Phi) is 3.58. The Balaban J connectivity index is 2.22. The summed E-state index contributed by atoms with van der Waals surface area (Å²) in [5.74, 6) is 0. The van der Waals surface area contributed by atoms with Crippen LogP contribution in [0.4, 0.5) is 0 Å². The molecule has 0 heterocycles. The SMILES string of the molecule is O=S(=O)(NC1(CO)CCC1)c1ccc(Br)cc1. The molecule has 0 aromatic heterocycles. The van der Waals surface area contributed by atoms with Gasteiger partial charge in [0.1, 0.15) is 0 Å². The maximum atomic E-state index is 12.1. The van der Waals surface area contributed by atoms with E-state index in [0.29, 0.717) is 12.8 Å². The predicted molar refractivity (Wildman–Crippen MR) is 68.1 cm³/mol. The van der Waals surface area contributed by atoms with Gasteiger partial charge in [-0.25, -0.2) is 13.1 Å². The Bertz CT molecular complexity index is 488. The van der Waals surface area contributed by atoms with E-state index in [2.05, 4.69) is 20.7 Å². The van der Waals surface area contributed by atoms with Crippen molar-refractivity contribution in [3.05, 3.63) is 28.7 Å². The van der Waals surface area contributed by atoms with Gasteiger partial charge in [-0.3, -0.25) is 0 Å². The highest BCUT2D eigenvalue weighted by Crippen LogP contribution is 2.32. The van der Waals surface area contributed by atoms with Crippen LogP contribution in [0, 0.1) is 0 Å². The first-order valence-electron chi connectivity index (χ1n) is 5.38. The van der Waals surface area contributed by atoms with Crippen molar-refractivity contribution < 1.29 is 13.5 Å². The molecule has 1 aliphatic rings. The first-order chi connectivity index (χ1) is 7.97. The molecule has 17 heavy (non-hydrogen) atoms. The fourth-order valence-corrected chi connectivity index (χ4v) is 3.57. The maximum absolute atomic E-state index is 12.1. The number of benzene rings is 1. The molecule has 0 atom stereocenters. The second-order valence-electron chi connectivity index (χ2n) is 4.35. The van der Waals surface area contributed by atoms with E-state index < -0.39 is 15.6 Å². The van der Waals surface area contributed by atoms with Crippen LogP contribution in [0.1, 0.15) is 19.3 Å². The molecule has 0 spiro atoms. The molecule has 1 aromatic carbocycles. The molecule has 2 N–H and O–H groups in total. The van der Waals surface area contributed by atoms with Crippen LogP contribution in [0.5, 0.6) is 0 Å². The zero-order valence-corrected chi connectivity index (χ0v) is 11.6. The number of nitrogens with one attached hydrogen (secondary N) is 1. The fourth-order valence-electron chi connectivity index (χ4n) is 1.85. The summed E-state index contributed by atoms with van der Waals surface area (Å²) < 4.78 is 27.6. The minimum Gasteiger partial charge on any atom is -0.394 e. The topological polar surface area (TPSA) is 66.4 Å². The van der Waals surface area contributed by atoms with Crippen LogP contribution in [0.15, 0.2) is 33.6 Å². The first kappa shape index (κ1) is 13.0. The number of hydrogen-bond donors (Lipinski definition) is 2. The number of aliphatic hydroxyl groups excluding tert-OH is 1. The van der Waals surface area contributed by atoms with E-state index in [4.69, 9.17) is 0 Å². The molecule has 0 bridgehead atoms. The Morgan fingerprint density at radius 1 is 1.29 bits per heavy atom. The van der Waals surface area contributed by atoms with Crippen molar-refractivity contribution in [3.63, 3.8) is 0 Å². The summed E-state index contributed by atoms with van der Waals surface area (Å²) in [6.07, 6.45) is 2.34. The molecule has 0 saturated heterocycles. The Morgan fingerprint density at radius 2 is 1.88 bits per heavy atom. The lowest BCUT2D eigenvalue weighted by molar-refractivity contribution is 0.110. The summed E-state index contributed by atoms with van der Waals surface area (Å²) in [5.41, 5.74) is -0.647. The van der Waals surface area contributed by atoms with Crippen LogP contribution in [0.2, 0.25) is 0 Å². The molecular weight excluding hydrogens is 306 g/mol. The summed E-state index contributed by atoms with van der Waals surface area (Å²) in [7, 11) is -3.54.